The van der Waals surface area contributed by atoms with Crippen LogP contribution in [0.3, 0.4) is 0 Å². The van der Waals surface area contributed by atoms with Gasteiger partial charge in [0.2, 0.25) is 0 Å². The lowest BCUT2D eigenvalue weighted by Crippen LogP contribution is -2.47. The molecule has 0 radical (unpaired) electrons. The Morgan fingerprint density at radius 3 is 2.36 bits per heavy atom. The normalized spacial score (nSPS) is 10.3. The van der Waals surface area contributed by atoms with Crippen LogP contribution in [0.15, 0.2) is 66.9 Å². The van der Waals surface area contributed by atoms with Gasteiger partial charge >= 0.3 is 6.03 Å². The van der Waals surface area contributed by atoms with Gasteiger partial charge in [-0.25, -0.2) is 14.9 Å². The number of benzene rings is 2. The third-order valence-electron chi connectivity index (χ3n) is 3.99. The van der Waals surface area contributed by atoms with Crippen molar-refractivity contribution in [1.82, 2.24) is 25.9 Å². The van der Waals surface area contributed by atoms with Gasteiger partial charge in [-0.15, -0.1) is 0 Å². The van der Waals surface area contributed by atoms with Crippen LogP contribution in [0, 0.1) is 0 Å². The molecule has 1 aromatic heterocycles. The van der Waals surface area contributed by atoms with E-state index in [0.29, 0.717) is 12.2 Å². The molecule has 0 aliphatic rings. The Labute approximate surface area is 162 Å². The van der Waals surface area contributed by atoms with E-state index in [9.17, 15) is 14.7 Å². The number of hydrazine groups is 1. The fourth-order valence-electron chi connectivity index (χ4n) is 2.60. The monoisotopic (exact) mass is 379 g/mol. The van der Waals surface area contributed by atoms with Crippen molar-refractivity contribution in [2.45, 2.75) is 12.8 Å². The van der Waals surface area contributed by atoms with Crippen molar-refractivity contribution in [1.29, 1.82) is 0 Å². The molecule has 3 aromatic rings. The van der Waals surface area contributed by atoms with E-state index < -0.39 is 11.9 Å². The molecule has 4 N–H and O–H groups in total. The van der Waals surface area contributed by atoms with Crippen LogP contribution in [-0.2, 0) is 6.42 Å². The lowest BCUT2D eigenvalue weighted by Gasteiger charge is -2.08. The molecule has 0 unspecified atom stereocenters. The summed E-state index contributed by atoms with van der Waals surface area (Å²) >= 11 is 0. The highest BCUT2D eigenvalue weighted by atomic mass is 16.3. The number of aryl methyl sites for hydroxylation is 1. The Bertz CT molecular complexity index is 926. The highest BCUT2D eigenvalue weighted by molar-refractivity contribution is 5.95. The first-order valence-electron chi connectivity index (χ1n) is 8.85. The van der Waals surface area contributed by atoms with Crippen molar-refractivity contribution in [3.8, 4) is 11.4 Å². The Morgan fingerprint density at radius 2 is 1.64 bits per heavy atom. The molecular weight excluding hydrogens is 358 g/mol. The number of para-hydroxylation sites is 1. The van der Waals surface area contributed by atoms with E-state index in [2.05, 4.69) is 21.3 Å². The minimum absolute atomic E-state index is 0.187. The number of urea groups is 1. The summed E-state index contributed by atoms with van der Waals surface area (Å²) in [5.41, 5.74) is 6.18. The first kappa shape index (κ1) is 19.0. The van der Waals surface area contributed by atoms with Gasteiger partial charge in [0.1, 0.15) is 0 Å². The molecule has 0 spiro atoms. The molecule has 0 aliphatic heterocycles. The topological polar surface area (TPSA) is 108 Å². The van der Waals surface area contributed by atoms with Gasteiger partial charge in [-0.05, 0) is 30.5 Å². The molecule has 0 fully saturated rings. The van der Waals surface area contributed by atoms with E-state index in [1.54, 1.807) is 12.1 Å². The Hall–Kier alpha value is -3.81. The van der Waals surface area contributed by atoms with Gasteiger partial charge in [-0.1, -0.05) is 48.5 Å². The quantitative estimate of drug-likeness (QED) is 0.389. The van der Waals surface area contributed by atoms with Gasteiger partial charge in [-0.3, -0.25) is 10.2 Å². The van der Waals surface area contributed by atoms with Crippen molar-refractivity contribution in [2.24, 2.45) is 0 Å². The number of hydrogen-bond acceptors (Lipinski definition) is 4. The van der Waals surface area contributed by atoms with E-state index in [-0.39, 0.29) is 11.4 Å². The Kier molecular flexibility index (Phi) is 6.25. The molecule has 0 saturated heterocycles. The van der Waals surface area contributed by atoms with E-state index in [0.717, 1.165) is 12.8 Å². The van der Waals surface area contributed by atoms with Gasteiger partial charge in [0.15, 0.2) is 11.4 Å². The minimum Gasteiger partial charge on any atom is -0.504 e. The van der Waals surface area contributed by atoms with Crippen LogP contribution in [0.1, 0.15) is 22.5 Å². The number of hydrogen-bond donors (Lipinski definition) is 4. The predicted molar refractivity (Wildman–Crippen MR) is 104 cm³/mol. The smallest absolute Gasteiger partial charge is 0.333 e. The minimum atomic E-state index is -0.716. The summed E-state index contributed by atoms with van der Waals surface area (Å²) in [5, 5.41) is 16.6. The molecule has 144 valence electrons. The average Bonchev–Trinajstić information content (AvgIpc) is 3.12. The van der Waals surface area contributed by atoms with Crippen molar-refractivity contribution in [3.63, 3.8) is 0 Å². The second-order valence-electron chi connectivity index (χ2n) is 6.07. The molecule has 8 nitrogen and oxygen atoms in total. The standard InChI is InChI=1S/C20H21N5O3/c26-17-14-25(16-11-5-2-6-12-16)24-18(17)19(27)22-23-20(28)21-13-7-10-15-8-3-1-4-9-15/h1-6,8-9,11-12,14,26H,7,10,13H2,(H,22,27)(H2,21,23,28). The third kappa shape index (κ3) is 5.10. The summed E-state index contributed by atoms with van der Waals surface area (Å²) in [4.78, 5) is 23.9. The molecule has 3 amide bonds. The number of aromatic nitrogens is 2. The number of nitrogens with one attached hydrogen (secondary N) is 3. The van der Waals surface area contributed by atoms with Crippen LogP contribution in [0.5, 0.6) is 5.75 Å². The van der Waals surface area contributed by atoms with Gasteiger partial charge in [0.05, 0.1) is 11.9 Å². The number of amides is 3. The number of carbonyl (C=O) groups is 2. The SMILES string of the molecule is O=C(NCCCc1ccccc1)NNC(=O)c1nn(-c2ccccc2)cc1O. The van der Waals surface area contributed by atoms with Crippen LogP contribution in [0.2, 0.25) is 0 Å². The lowest BCUT2D eigenvalue weighted by atomic mass is 10.1. The molecule has 1 heterocycles. The zero-order chi connectivity index (χ0) is 19.8. The Balaban J connectivity index is 1.43. The second kappa shape index (κ2) is 9.22. The lowest BCUT2D eigenvalue weighted by molar-refractivity contribution is 0.0928. The van der Waals surface area contributed by atoms with Gasteiger partial charge < -0.3 is 10.4 Å². The zero-order valence-corrected chi connectivity index (χ0v) is 15.1. The largest absolute Gasteiger partial charge is 0.504 e. The summed E-state index contributed by atoms with van der Waals surface area (Å²) in [5.74, 6) is -1.00. The first-order chi connectivity index (χ1) is 13.6. The highest BCUT2D eigenvalue weighted by Gasteiger charge is 2.17. The van der Waals surface area contributed by atoms with Gasteiger partial charge in [0, 0.05) is 6.54 Å². The molecule has 0 saturated carbocycles. The van der Waals surface area contributed by atoms with E-state index in [4.69, 9.17) is 0 Å². The highest BCUT2D eigenvalue weighted by Crippen LogP contribution is 2.17. The summed E-state index contributed by atoms with van der Waals surface area (Å²) in [6.45, 7) is 0.463. The van der Waals surface area contributed by atoms with E-state index in [1.807, 2.05) is 48.5 Å². The van der Waals surface area contributed by atoms with Gasteiger partial charge in [-0.2, -0.15) is 5.10 Å². The van der Waals surface area contributed by atoms with Crippen LogP contribution in [-0.4, -0.2) is 33.4 Å². The van der Waals surface area contributed by atoms with Crippen LogP contribution in [0.25, 0.3) is 5.69 Å². The maximum absolute atomic E-state index is 12.1. The number of rotatable bonds is 6. The number of aromatic hydroxyl groups is 1. The summed E-state index contributed by atoms with van der Waals surface area (Å²) in [6, 6.07) is 18.5. The number of nitrogens with zero attached hydrogens (tertiary/aromatic N) is 2. The molecular formula is C20H21N5O3. The van der Waals surface area contributed by atoms with Crippen molar-refractivity contribution in [2.75, 3.05) is 6.54 Å². The summed E-state index contributed by atoms with van der Waals surface area (Å²) in [7, 11) is 0. The predicted octanol–water partition coefficient (Wildman–Crippen LogP) is 2.15. The molecule has 0 atom stereocenters. The molecule has 8 heteroatoms. The average molecular weight is 379 g/mol. The van der Waals surface area contributed by atoms with Crippen molar-refractivity contribution >= 4 is 11.9 Å². The molecule has 0 bridgehead atoms. The van der Waals surface area contributed by atoms with E-state index in [1.165, 1.54) is 16.4 Å². The Morgan fingerprint density at radius 1 is 0.964 bits per heavy atom. The van der Waals surface area contributed by atoms with Crippen LogP contribution >= 0.6 is 0 Å². The summed E-state index contributed by atoms with van der Waals surface area (Å²) < 4.78 is 1.38. The maximum atomic E-state index is 12.1. The van der Waals surface area contributed by atoms with E-state index >= 15 is 0 Å². The number of carbonyl (C=O) groups excluding carboxylic acids is 2. The maximum Gasteiger partial charge on any atom is 0.333 e. The van der Waals surface area contributed by atoms with Crippen LogP contribution < -0.4 is 16.2 Å². The van der Waals surface area contributed by atoms with Crippen molar-refractivity contribution < 1.29 is 14.7 Å². The fraction of sp³-hybridized carbons (Fsp3) is 0.150. The molecule has 0 aliphatic carbocycles. The molecule has 3 rings (SSSR count). The second-order valence-corrected chi connectivity index (χ2v) is 6.07. The van der Waals surface area contributed by atoms with Crippen LogP contribution in [0.4, 0.5) is 4.79 Å². The summed E-state index contributed by atoms with van der Waals surface area (Å²) in [6.07, 6.45) is 2.94. The zero-order valence-electron chi connectivity index (χ0n) is 15.1. The molecule has 2 aromatic carbocycles. The first-order valence-corrected chi connectivity index (χ1v) is 8.85. The molecule has 28 heavy (non-hydrogen) atoms. The van der Waals surface area contributed by atoms with Gasteiger partial charge in [0.25, 0.3) is 5.91 Å². The fourth-order valence-corrected chi connectivity index (χ4v) is 2.60. The third-order valence-corrected chi connectivity index (χ3v) is 3.99. The van der Waals surface area contributed by atoms with Crippen molar-refractivity contribution in [3.05, 3.63) is 78.1 Å².